The number of aryl methyl sites for hydroxylation is 1. The van der Waals surface area contributed by atoms with Crippen LogP contribution in [-0.2, 0) is 6.54 Å². The van der Waals surface area contributed by atoms with Gasteiger partial charge in [0.25, 0.3) is 5.91 Å². The van der Waals surface area contributed by atoms with Crippen LogP contribution in [0.1, 0.15) is 21.5 Å². The van der Waals surface area contributed by atoms with Crippen molar-refractivity contribution in [3.05, 3.63) is 101 Å². The molecule has 2 heterocycles. The average molecular weight is 456 g/mol. The molecule has 0 fully saturated rings. The van der Waals surface area contributed by atoms with E-state index in [4.69, 9.17) is 16.6 Å². The predicted octanol–water partition coefficient (Wildman–Crippen LogP) is 6.11. The molecule has 0 spiro atoms. The Labute approximate surface area is 197 Å². The van der Waals surface area contributed by atoms with E-state index >= 15 is 0 Å². The maximum atomic E-state index is 13.6. The zero-order chi connectivity index (χ0) is 22.9. The summed E-state index contributed by atoms with van der Waals surface area (Å²) in [4.78, 5) is 26.6. The highest BCUT2D eigenvalue weighted by Crippen LogP contribution is 2.39. The molecule has 6 nitrogen and oxygen atoms in total. The van der Waals surface area contributed by atoms with Gasteiger partial charge in [0.05, 0.1) is 24.0 Å². The monoisotopic (exact) mass is 455 g/mol. The number of aromatic nitrogens is 2. The quantitative estimate of drug-likeness (QED) is 0.402. The van der Waals surface area contributed by atoms with Crippen molar-refractivity contribution in [3.63, 3.8) is 0 Å². The first-order chi connectivity index (χ1) is 16.0. The summed E-state index contributed by atoms with van der Waals surface area (Å²) >= 11 is 6.06. The largest absolute Gasteiger partial charge is 0.327 e. The van der Waals surface area contributed by atoms with Gasteiger partial charge in [0.2, 0.25) is 5.95 Å². The second-order valence-corrected chi connectivity index (χ2v) is 8.43. The lowest BCUT2D eigenvalue weighted by Gasteiger charge is -2.24. The number of fused-ring (bicyclic) bond motifs is 2. The molecule has 0 saturated carbocycles. The Morgan fingerprint density at radius 2 is 1.76 bits per heavy atom. The summed E-state index contributed by atoms with van der Waals surface area (Å²) in [5.74, 6) is 1.01. The van der Waals surface area contributed by atoms with E-state index in [9.17, 15) is 4.79 Å². The van der Waals surface area contributed by atoms with Crippen molar-refractivity contribution in [2.45, 2.75) is 13.5 Å². The van der Waals surface area contributed by atoms with Gasteiger partial charge >= 0.3 is 0 Å². The van der Waals surface area contributed by atoms with Crippen LogP contribution in [0.5, 0.6) is 0 Å². The summed E-state index contributed by atoms with van der Waals surface area (Å²) in [6, 6.07) is 23.1. The van der Waals surface area contributed by atoms with E-state index in [1.807, 2.05) is 91.7 Å². The lowest BCUT2D eigenvalue weighted by Crippen LogP contribution is -2.30. The topological polar surface area (TPSA) is 61.4 Å². The van der Waals surface area contributed by atoms with Gasteiger partial charge in [-0.3, -0.25) is 9.69 Å². The molecule has 0 bridgehead atoms. The number of nitrogens with zero attached hydrogens (tertiary/aromatic N) is 4. The van der Waals surface area contributed by atoms with Crippen molar-refractivity contribution in [2.75, 3.05) is 22.2 Å². The van der Waals surface area contributed by atoms with E-state index in [-0.39, 0.29) is 5.91 Å². The van der Waals surface area contributed by atoms with Crippen LogP contribution in [-0.4, -0.2) is 22.9 Å². The minimum absolute atomic E-state index is 0.103. The molecule has 0 radical (unpaired) electrons. The SMILES string of the molecule is Cc1cccc(Nc2ncc3c(n2)N(C)c2ccccc2C(=O)N3Cc2ccc(Cl)cc2)c1. The van der Waals surface area contributed by atoms with Crippen molar-refractivity contribution in [3.8, 4) is 0 Å². The highest BCUT2D eigenvalue weighted by atomic mass is 35.5. The Kier molecular flexibility index (Phi) is 5.44. The number of carbonyl (C=O) groups is 1. The van der Waals surface area contributed by atoms with Gasteiger partial charge in [0, 0.05) is 17.8 Å². The Hall–Kier alpha value is -3.90. The fourth-order valence-corrected chi connectivity index (χ4v) is 4.09. The third-order valence-electron chi connectivity index (χ3n) is 5.63. The smallest absolute Gasteiger partial charge is 0.260 e. The summed E-state index contributed by atoms with van der Waals surface area (Å²) in [6.07, 6.45) is 1.71. The van der Waals surface area contributed by atoms with Gasteiger partial charge in [0.15, 0.2) is 5.82 Å². The van der Waals surface area contributed by atoms with Crippen LogP contribution in [0, 0.1) is 6.92 Å². The average Bonchev–Trinajstić information content (AvgIpc) is 2.90. The van der Waals surface area contributed by atoms with Crippen LogP contribution in [0.3, 0.4) is 0 Å². The number of amides is 1. The van der Waals surface area contributed by atoms with E-state index in [0.717, 1.165) is 22.5 Å². The zero-order valence-electron chi connectivity index (χ0n) is 18.3. The minimum atomic E-state index is -0.103. The van der Waals surface area contributed by atoms with Crippen molar-refractivity contribution >= 4 is 46.3 Å². The highest BCUT2D eigenvalue weighted by molar-refractivity contribution is 6.30. The second-order valence-electron chi connectivity index (χ2n) is 7.99. The molecule has 7 heteroatoms. The number of rotatable bonds is 4. The van der Waals surface area contributed by atoms with Crippen LogP contribution in [0.15, 0.2) is 79.0 Å². The number of hydrogen-bond donors (Lipinski definition) is 1. The number of hydrogen-bond acceptors (Lipinski definition) is 5. The predicted molar refractivity (Wildman–Crippen MR) is 133 cm³/mol. The summed E-state index contributed by atoms with van der Waals surface area (Å²) in [5.41, 5.74) is 5.05. The van der Waals surface area contributed by atoms with Gasteiger partial charge < -0.3 is 10.2 Å². The number of anilines is 5. The third kappa shape index (κ3) is 4.13. The van der Waals surface area contributed by atoms with Crippen molar-refractivity contribution in [2.24, 2.45) is 0 Å². The normalized spacial score (nSPS) is 12.8. The van der Waals surface area contributed by atoms with Crippen LogP contribution in [0.4, 0.5) is 28.8 Å². The molecule has 5 rings (SSSR count). The summed E-state index contributed by atoms with van der Waals surface area (Å²) in [7, 11) is 1.92. The molecule has 33 heavy (non-hydrogen) atoms. The summed E-state index contributed by atoms with van der Waals surface area (Å²) < 4.78 is 0. The Morgan fingerprint density at radius 1 is 0.970 bits per heavy atom. The second kappa shape index (κ2) is 8.56. The molecule has 0 aliphatic carbocycles. The maximum Gasteiger partial charge on any atom is 0.260 e. The van der Waals surface area contributed by atoms with Crippen LogP contribution >= 0.6 is 11.6 Å². The number of halogens is 1. The highest BCUT2D eigenvalue weighted by Gasteiger charge is 2.31. The maximum absolute atomic E-state index is 13.6. The Morgan fingerprint density at radius 3 is 2.55 bits per heavy atom. The van der Waals surface area contributed by atoms with Crippen LogP contribution in [0.25, 0.3) is 0 Å². The fourth-order valence-electron chi connectivity index (χ4n) is 3.96. The lowest BCUT2D eigenvalue weighted by molar-refractivity contribution is 0.0986. The van der Waals surface area contributed by atoms with Gasteiger partial charge in [-0.15, -0.1) is 0 Å². The number of para-hydroxylation sites is 1. The summed E-state index contributed by atoms with van der Waals surface area (Å²) in [6.45, 7) is 2.41. The third-order valence-corrected chi connectivity index (χ3v) is 5.88. The molecule has 1 aliphatic heterocycles. The molecule has 1 amide bonds. The summed E-state index contributed by atoms with van der Waals surface area (Å²) in [5, 5.41) is 3.93. The van der Waals surface area contributed by atoms with E-state index in [0.29, 0.717) is 34.6 Å². The van der Waals surface area contributed by atoms with Crippen molar-refractivity contribution < 1.29 is 4.79 Å². The minimum Gasteiger partial charge on any atom is -0.327 e. The standard InChI is InChI=1S/C26H22ClN5O/c1-17-6-5-7-20(14-17)29-26-28-15-23-24(30-26)31(2)22-9-4-3-8-21(22)25(33)32(23)16-18-10-12-19(27)13-11-18/h3-15H,16H2,1-2H3,(H,28,29,30). The van der Waals surface area contributed by atoms with E-state index < -0.39 is 0 Å². The first-order valence-electron chi connectivity index (χ1n) is 10.6. The molecule has 0 saturated heterocycles. The van der Waals surface area contributed by atoms with Crippen molar-refractivity contribution in [1.29, 1.82) is 0 Å². The lowest BCUT2D eigenvalue weighted by atomic mass is 10.1. The molecular weight excluding hydrogens is 434 g/mol. The van der Waals surface area contributed by atoms with Crippen LogP contribution in [0.2, 0.25) is 5.02 Å². The van der Waals surface area contributed by atoms with Gasteiger partial charge in [-0.05, 0) is 54.4 Å². The molecule has 0 unspecified atom stereocenters. The molecule has 3 aromatic carbocycles. The van der Waals surface area contributed by atoms with Gasteiger partial charge in [-0.2, -0.15) is 4.98 Å². The fraction of sp³-hybridized carbons (Fsp3) is 0.115. The Bertz CT molecular complexity index is 1340. The molecular formula is C26H22ClN5O. The number of benzene rings is 3. The molecule has 1 aliphatic rings. The number of carbonyl (C=O) groups excluding carboxylic acids is 1. The van der Waals surface area contributed by atoms with Crippen molar-refractivity contribution in [1.82, 2.24) is 9.97 Å². The molecule has 0 atom stereocenters. The first-order valence-corrected chi connectivity index (χ1v) is 11.0. The van der Waals surface area contributed by atoms with Gasteiger partial charge in [0.1, 0.15) is 5.69 Å². The van der Waals surface area contributed by atoms with Crippen LogP contribution < -0.4 is 15.1 Å². The number of nitrogens with one attached hydrogen (secondary N) is 1. The van der Waals surface area contributed by atoms with E-state index in [1.165, 1.54) is 0 Å². The molecule has 4 aromatic rings. The van der Waals surface area contributed by atoms with E-state index in [1.54, 1.807) is 11.1 Å². The Balaban J connectivity index is 1.60. The van der Waals surface area contributed by atoms with Gasteiger partial charge in [-0.25, -0.2) is 4.98 Å². The molecule has 1 N–H and O–H groups in total. The molecule has 164 valence electrons. The van der Waals surface area contributed by atoms with Gasteiger partial charge in [-0.1, -0.05) is 48.0 Å². The molecule has 1 aromatic heterocycles. The van der Waals surface area contributed by atoms with E-state index in [2.05, 4.69) is 10.3 Å². The first kappa shape index (κ1) is 21.0. The zero-order valence-corrected chi connectivity index (χ0v) is 19.0.